The van der Waals surface area contributed by atoms with Gasteiger partial charge in [0.25, 0.3) is 0 Å². The molecular weight excluding hydrogens is 504 g/mol. The first kappa shape index (κ1) is 26.8. The van der Waals surface area contributed by atoms with Gasteiger partial charge in [0.1, 0.15) is 18.5 Å². The van der Waals surface area contributed by atoms with E-state index in [0.29, 0.717) is 43.0 Å². The van der Waals surface area contributed by atoms with Gasteiger partial charge in [0.2, 0.25) is 15.9 Å². The molecule has 1 aliphatic heterocycles. The zero-order valence-corrected chi connectivity index (χ0v) is 21.8. The number of hydrogen-bond donors (Lipinski definition) is 1. The van der Waals surface area contributed by atoms with Crippen molar-refractivity contribution in [2.24, 2.45) is 5.92 Å². The van der Waals surface area contributed by atoms with Crippen molar-refractivity contribution in [1.29, 1.82) is 5.26 Å². The maximum absolute atomic E-state index is 12.7. The van der Waals surface area contributed by atoms with Crippen molar-refractivity contribution >= 4 is 27.7 Å². The highest BCUT2D eigenvalue weighted by atomic mass is 32.2. The van der Waals surface area contributed by atoms with Crippen LogP contribution in [0.3, 0.4) is 0 Å². The van der Waals surface area contributed by atoms with Crippen LogP contribution < -0.4 is 9.62 Å². The number of anilines is 1. The molecule has 1 aromatic heterocycles. The fourth-order valence-electron chi connectivity index (χ4n) is 4.34. The molecule has 0 unspecified atom stereocenters. The summed E-state index contributed by atoms with van der Waals surface area (Å²) in [5.41, 5.74) is 2.34. The molecular formula is C28H28N4O5S. The lowest BCUT2D eigenvalue weighted by molar-refractivity contribution is -0.123. The van der Waals surface area contributed by atoms with Gasteiger partial charge in [-0.3, -0.25) is 9.52 Å². The predicted molar refractivity (Wildman–Crippen MR) is 141 cm³/mol. The van der Waals surface area contributed by atoms with Crippen LogP contribution in [-0.2, 0) is 31.9 Å². The summed E-state index contributed by atoms with van der Waals surface area (Å²) in [5.74, 6) is -1.40. The number of carbonyl (C=O) groups excluding carboxylic acids is 2. The number of ether oxygens (including phenoxy) is 1. The van der Waals surface area contributed by atoms with Gasteiger partial charge < -0.3 is 9.64 Å². The molecule has 3 aromatic rings. The average molecular weight is 533 g/mol. The van der Waals surface area contributed by atoms with Crippen molar-refractivity contribution in [2.75, 3.05) is 18.0 Å². The summed E-state index contributed by atoms with van der Waals surface area (Å²) in [7, 11) is -3.81. The number of benzene rings is 2. The molecule has 0 aliphatic carbocycles. The highest BCUT2D eigenvalue weighted by Gasteiger charge is 2.30. The molecule has 0 saturated carbocycles. The molecule has 38 heavy (non-hydrogen) atoms. The second-order valence-corrected chi connectivity index (χ2v) is 10.9. The Bertz CT molecular complexity index is 1450. The number of pyridine rings is 1. The lowest BCUT2D eigenvalue weighted by atomic mass is 9.96. The van der Waals surface area contributed by atoms with E-state index in [1.165, 1.54) is 6.07 Å². The van der Waals surface area contributed by atoms with Gasteiger partial charge in [0.15, 0.2) is 0 Å². The minimum atomic E-state index is -3.81. The minimum absolute atomic E-state index is 0.111. The second-order valence-electron chi connectivity index (χ2n) is 9.14. The van der Waals surface area contributed by atoms with Crippen LogP contribution in [0, 0.1) is 24.2 Å². The van der Waals surface area contributed by atoms with E-state index in [1.54, 1.807) is 37.3 Å². The number of hydrogen-bond acceptors (Lipinski definition) is 8. The Morgan fingerprint density at radius 2 is 1.66 bits per heavy atom. The molecule has 2 heterocycles. The average Bonchev–Trinajstić information content (AvgIpc) is 2.92. The largest absolute Gasteiger partial charge is 0.457 e. The van der Waals surface area contributed by atoms with E-state index in [-0.39, 0.29) is 23.5 Å². The van der Waals surface area contributed by atoms with Crippen molar-refractivity contribution in [3.8, 4) is 6.07 Å². The third kappa shape index (κ3) is 6.75. The van der Waals surface area contributed by atoms with E-state index in [1.807, 2.05) is 35.2 Å². The summed E-state index contributed by atoms with van der Waals surface area (Å²) >= 11 is 0. The molecule has 0 radical (unpaired) electrons. The molecule has 1 saturated heterocycles. The Hall–Kier alpha value is -4.23. The zero-order chi connectivity index (χ0) is 27.1. The normalized spacial score (nSPS) is 13.9. The Labute approximate surface area is 222 Å². The standard InChI is InChI=1S/C28H28N4O5S/c1-20-25(28(34)37-18-21-8-4-2-5-9-21)16-24(17-29)26(30-20)32-14-12-23(13-15-32)27(33)31-38(35,36)19-22-10-6-3-7-11-22/h2-11,16,23H,12-15,18-19H2,1H3,(H,31,33). The van der Waals surface area contributed by atoms with E-state index in [4.69, 9.17) is 4.74 Å². The van der Waals surface area contributed by atoms with Crippen molar-refractivity contribution in [2.45, 2.75) is 32.1 Å². The van der Waals surface area contributed by atoms with Crippen LogP contribution in [0.4, 0.5) is 5.82 Å². The first-order valence-corrected chi connectivity index (χ1v) is 13.9. The smallest absolute Gasteiger partial charge is 0.340 e. The highest BCUT2D eigenvalue weighted by molar-refractivity contribution is 7.89. The molecule has 1 fully saturated rings. The lowest BCUT2D eigenvalue weighted by Crippen LogP contribution is -2.43. The Balaban J connectivity index is 1.37. The van der Waals surface area contributed by atoms with Crippen LogP contribution >= 0.6 is 0 Å². The van der Waals surface area contributed by atoms with Crippen molar-refractivity contribution in [3.63, 3.8) is 0 Å². The quantitative estimate of drug-likeness (QED) is 0.437. The van der Waals surface area contributed by atoms with E-state index < -0.39 is 27.8 Å². The first-order valence-electron chi connectivity index (χ1n) is 12.2. The van der Waals surface area contributed by atoms with E-state index in [2.05, 4.69) is 15.8 Å². The minimum Gasteiger partial charge on any atom is -0.457 e. The number of piperidine rings is 1. The Morgan fingerprint density at radius 3 is 2.26 bits per heavy atom. The summed E-state index contributed by atoms with van der Waals surface area (Å²) in [6.07, 6.45) is 0.804. The van der Waals surface area contributed by atoms with Crippen molar-refractivity contribution < 1.29 is 22.7 Å². The fourth-order valence-corrected chi connectivity index (χ4v) is 5.52. The van der Waals surface area contributed by atoms with E-state index >= 15 is 0 Å². The van der Waals surface area contributed by atoms with Crippen LogP contribution in [-0.4, -0.2) is 38.4 Å². The summed E-state index contributed by atoms with van der Waals surface area (Å²) < 4.78 is 32.5. The van der Waals surface area contributed by atoms with Gasteiger partial charge in [-0.2, -0.15) is 5.26 Å². The molecule has 9 nitrogen and oxygen atoms in total. The number of sulfonamides is 1. The van der Waals surface area contributed by atoms with Gasteiger partial charge in [0, 0.05) is 19.0 Å². The second kappa shape index (κ2) is 11.9. The highest BCUT2D eigenvalue weighted by Crippen LogP contribution is 2.27. The molecule has 0 atom stereocenters. The van der Waals surface area contributed by atoms with Crippen LogP contribution in [0.2, 0.25) is 0 Å². The number of nitrogens with zero attached hydrogens (tertiary/aromatic N) is 3. The maximum Gasteiger partial charge on any atom is 0.340 e. The molecule has 0 spiro atoms. The number of carbonyl (C=O) groups is 2. The van der Waals surface area contributed by atoms with Gasteiger partial charge in [-0.15, -0.1) is 0 Å². The number of rotatable bonds is 8. The molecule has 196 valence electrons. The van der Waals surface area contributed by atoms with E-state index in [9.17, 15) is 23.3 Å². The summed E-state index contributed by atoms with van der Waals surface area (Å²) in [4.78, 5) is 31.8. The van der Waals surface area contributed by atoms with Gasteiger partial charge in [-0.1, -0.05) is 60.7 Å². The molecule has 1 amide bonds. The number of nitriles is 1. The molecule has 4 rings (SSSR count). The number of aromatic nitrogens is 1. The summed E-state index contributed by atoms with van der Waals surface area (Å²) in [6, 6.07) is 21.6. The van der Waals surface area contributed by atoms with Gasteiger partial charge in [-0.25, -0.2) is 18.2 Å². The van der Waals surface area contributed by atoms with Gasteiger partial charge in [-0.05, 0) is 37.0 Å². The van der Waals surface area contributed by atoms with Crippen LogP contribution in [0.5, 0.6) is 0 Å². The lowest BCUT2D eigenvalue weighted by Gasteiger charge is -2.32. The van der Waals surface area contributed by atoms with Crippen LogP contribution in [0.25, 0.3) is 0 Å². The number of esters is 1. The monoisotopic (exact) mass is 532 g/mol. The Kier molecular flexibility index (Phi) is 8.38. The molecule has 1 aliphatic rings. The Morgan fingerprint density at radius 1 is 1.05 bits per heavy atom. The fraction of sp³-hybridized carbons (Fsp3) is 0.286. The predicted octanol–water partition coefficient (Wildman–Crippen LogP) is 3.48. The van der Waals surface area contributed by atoms with Gasteiger partial charge in [0.05, 0.1) is 22.6 Å². The third-order valence-electron chi connectivity index (χ3n) is 6.37. The summed E-state index contributed by atoms with van der Waals surface area (Å²) in [6.45, 7) is 2.62. The molecule has 2 aromatic carbocycles. The molecule has 10 heteroatoms. The SMILES string of the molecule is Cc1nc(N2CCC(C(=O)NS(=O)(=O)Cc3ccccc3)CC2)c(C#N)cc1C(=O)OCc1ccccc1. The number of amides is 1. The first-order chi connectivity index (χ1) is 18.3. The topological polar surface area (TPSA) is 129 Å². The molecule has 0 bridgehead atoms. The maximum atomic E-state index is 12.7. The third-order valence-corrected chi connectivity index (χ3v) is 7.59. The van der Waals surface area contributed by atoms with Crippen LogP contribution in [0.15, 0.2) is 66.7 Å². The van der Waals surface area contributed by atoms with E-state index in [0.717, 1.165) is 5.56 Å². The van der Waals surface area contributed by atoms with Crippen molar-refractivity contribution in [3.05, 3.63) is 94.7 Å². The molecule has 1 N–H and O–H groups in total. The summed E-state index contributed by atoms with van der Waals surface area (Å²) in [5, 5.41) is 9.74. The zero-order valence-electron chi connectivity index (χ0n) is 21.0. The van der Waals surface area contributed by atoms with Gasteiger partial charge >= 0.3 is 5.97 Å². The number of nitrogens with one attached hydrogen (secondary N) is 1. The number of aryl methyl sites for hydroxylation is 1. The van der Waals surface area contributed by atoms with Crippen molar-refractivity contribution in [1.82, 2.24) is 9.71 Å². The van der Waals surface area contributed by atoms with Crippen LogP contribution in [0.1, 0.15) is 45.6 Å².